The van der Waals surface area contributed by atoms with Gasteiger partial charge in [-0.05, 0) is 29.7 Å². The molecule has 0 fully saturated rings. The third kappa shape index (κ3) is 2.45. The molecule has 0 atom stereocenters. The number of methoxy groups -OCH3 is 1. The first-order valence-corrected chi connectivity index (χ1v) is 5.45. The van der Waals surface area contributed by atoms with Gasteiger partial charge in [0.2, 0.25) is 5.88 Å². The lowest BCUT2D eigenvalue weighted by Gasteiger charge is -2.08. The monoisotopic (exact) mass is 229 g/mol. The highest BCUT2D eigenvalue weighted by Gasteiger charge is 2.05. The average molecular weight is 229 g/mol. The van der Waals surface area contributed by atoms with Crippen LogP contribution in [0.25, 0.3) is 11.1 Å². The van der Waals surface area contributed by atoms with Gasteiger partial charge in [0, 0.05) is 17.8 Å². The van der Waals surface area contributed by atoms with E-state index in [1.54, 1.807) is 13.3 Å². The van der Waals surface area contributed by atoms with Gasteiger partial charge in [0.25, 0.3) is 0 Å². The van der Waals surface area contributed by atoms with Gasteiger partial charge in [-0.1, -0.05) is 18.2 Å². The summed E-state index contributed by atoms with van der Waals surface area (Å²) >= 11 is 0. The highest BCUT2D eigenvalue weighted by molar-refractivity contribution is 5.67. The van der Waals surface area contributed by atoms with E-state index in [2.05, 4.69) is 4.98 Å². The zero-order valence-corrected chi connectivity index (χ0v) is 9.97. The Hall–Kier alpha value is -1.87. The number of aryl methyl sites for hydroxylation is 1. The van der Waals surface area contributed by atoms with Crippen molar-refractivity contribution in [3.8, 4) is 17.0 Å². The van der Waals surface area contributed by atoms with Crippen molar-refractivity contribution < 1.29 is 9.84 Å². The Labute approximate surface area is 101 Å². The van der Waals surface area contributed by atoms with E-state index in [1.807, 2.05) is 37.3 Å². The Bertz CT molecular complexity index is 523. The number of pyridine rings is 1. The fraction of sp³-hybridized carbons (Fsp3) is 0.214. The Kier molecular flexibility index (Phi) is 3.40. The molecule has 2 aromatic rings. The van der Waals surface area contributed by atoms with Crippen molar-refractivity contribution in [2.75, 3.05) is 7.11 Å². The molecule has 3 nitrogen and oxygen atoms in total. The molecule has 0 amide bonds. The Balaban J connectivity index is 2.45. The van der Waals surface area contributed by atoms with E-state index < -0.39 is 0 Å². The maximum absolute atomic E-state index is 9.12. The second-order valence-electron chi connectivity index (χ2n) is 3.90. The van der Waals surface area contributed by atoms with Gasteiger partial charge in [-0.15, -0.1) is 0 Å². The topological polar surface area (TPSA) is 42.4 Å². The Morgan fingerprint density at radius 3 is 2.76 bits per heavy atom. The lowest BCUT2D eigenvalue weighted by Crippen LogP contribution is -1.92. The quantitative estimate of drug-likeness (QED) is 0.879. The molecule has 0 spiro atoms. The summed E-state index contributed by atoms with van der Waals surface area (Å²) in [4.78, 5) is 4.21. The van der Waals surface area contributed by atoms with Gasteiger partial charge >= 0.3 is 0 Å². The average Bonchev–Trinajstić information content (AvgIpc) is 2.38. The number of aliphatic hydroxyl groups is 1. The zero-order valence-electron chi connectivity index (χ0n) is 9.97. The van der Waals surface area contributed by atoms with Crippen LogP contribution < -0.4 is 4.74 Å². The number of nitrogens with zero attached hydrogens (tertiary/aromatic N) is 1. The summed E-state index contributed by atoms with van der Waals surface area (Å²) in [5.74, 6) is 0.615. The summed E-state index contributed by atoms with van der Waals surface area (Å²) < 4.78 is 5.08. The molecule has 0 radical (unpaired) electrons. The molecule has 1 aromatic carbocycles. The van der Waals surface area contributed by atoms with E-state index in [0.29, 0.717) is 5.88 Å². The number of hydrogen-bond donors (Lipinski definition) is 1. The van der Waals surface area contributed by atoms with Gasteiger partial charge in [-0.25, -0.2) is 4.98 Å². The molecule has 0 unspecified atom stereocenters. The standard InChI is InChI=1S/C14H15NO2/c1-10-6-14(17-2)15-8-13(10)12-5-3-4-11(7-12)9-16/h3-8,16H,9H2,1-2H3. The number of aromatic nitrogens is 1. The van der Waals surface area contributed by atoms with Crippen LogP contribution in [0.1, 0.15) is 11.1 Å². The summed E-state index contributed by atoms with van der Waals surface area (Å²) in [7, 11) is 1.60. The lowest BCUT2D eigenvalue weighted by molar-refractivity contribution is 0.282. The SMILES string of the molecule is COc1cc(C)c(-c2cccc(CO)c2)cn1. The molecule has 17 heavy (non-hydrogen) atoms. The Morgan fingerprint density at radius 1 is 1.29 bits per heavy atom. The maximum Gasteiger partial charge on any atom is 0.213 e. The molecule has 0 saturated heterocycles. The Morgan fingerprint density at radius 2 is 2.12 bits per heavy atom. The number of rotatable bonds is 3. The first-order valence-electron chi connectivity index (χ1n) is 5.45. The highest BCUT2D eigenvalue weighted by Crippen LogP contribution is 2.25. The second kappa shape index (κ2) is 4.97. The number of ether oxygens (including phenoxy) is 1. The van der Waals surface area contributed by atoms with Gasteiger partial charge in [-0.2, -0.15) is 0 Å². The van der Waals surface area contributed by atoms with Gasteiger partial charge in [-0.3, -0.25) is 0 Å². The molecule has 1 N–H and O–H groups in total. The summed E-state index contributed by atoms with van der Waals surface area (Å²) in [6, 6.07) is 9.72. The number of aliphatic hydroxyl groups excluding tert-OH is 1. The summed E-state index contributed by atoms with van der Waals surface area (Å²) in [5, 5.41) is 9.12. The van der Waals surface area contributed by atoms with E-state index in [4.69, 9.17) is 9.84 Å². The van der Waals surface area contributed by atoms with Crippen LogP contribution in [-0.2, 0) is 6.61 Å². The van der Waals surface area contributed by atoms with Crippen LogP contribution in [0.2, 0.25) is 0 Å². The largest absolute Gasteiger partial charge is 0.481 e. The third-order valence-corrected chi connectivity index (χ3v) is 2.72. The molecule has 0 aliphatic rings. The normalized spacial score (nSPS) is 10.3. The minimum atomic E-state index is 0.0521. The minimum absolute atomic E-state index is 0.0521. The van der Waals surface area contributed by atoms with Crippen molar-refractivity contribution in [3.05, 3.63) is 47.7 Å². The molecule has 1 heterocycles. The number of benzene rings is 1. The van der Waals surface area contributed by atoms with Crippen LogP contribution >= 0.6 is 0 Å². The predicted octanol–water partition coefficient (Wildman–Crippen LogP) is 2.56. The fourth-order valence-electron chi connectivity index (χ4n) is 1.78. The maximum atomic E-state index is 9.12. The van der Waals surface area contributed by atoms with E-state index in [1.165, 1.54) is 0 Å². The van der Waals surface area contributed by atoms with Crippen molar-refractivity contribution in [1.29, 1.82) is 0 Å². The first-order chi connectivity index (χ1) is 8.24. The fourth-order valence-corrected chi connectivity index (χ4v) is 1.78. The van der Waals surface area contributed by atoms with Gasteiger partial charge in [0.15, 0.2) is 0 Å². The van der Waals surface area contributed by atoms with E-state index >= 15 is 0 Å². The van der Waals surface area contributed by atoms with Crippen LogP contribution in [-0.4, -0.2) is 17.2 Å². The molecule has 0 saturated carbocycles. The molecule has 3 heteroatoms. The summed E-state index contributed by atoms with van der Waals surface area (Å²) in [6.07, 6.45) is 1.80. The van der Waals surface area contributed by atoms with E-state index in [-0.39, 0.29) is 6.61 Å². The van der Waals surface area contributed by atoms with E-state index in [9.17, 15) is 0 Å². The van der Waals surface area contributed by atoms with Crippen LogP contribution in [0, 0.1) is 6.92 Å². The van der Waals surface area contributed by atoms with Crippen molar-refractivity contribution >= 4 is 0 Å². The van der Waals surface area contributed by atoms with Gasteiger partial charge in [0.05, 0.1) is 13.7 Å². The van der Waals surface area contributed by atoms with Crippen LogP contribution in [0.4, 0.5) is 0 Å². The molecule has 1 aromatic heterocycles. The third-order valence-electron chi connectivity index (χ3n) is 2.72. The van der Waals surface area contributed by atoms with Crippen molar-refractivity contribution in [2.24, 2.45) is 0 Å². The lowest BCUT2D eigenvalue weighted by atomic mass is 10.0. The minimum Gasteiger partial charge on any atom is -0.481 e. The van der Waals surface area contributed by atoms with Crippen LogP contribution in [0.15, 0.2) is 36.5 Å². The van der Waals surface area contributed by atoms with Gasteiger partial charge < -0.3 is 9.84 Å². The molecular weight excluding hydrogens is 214 g/mol. The van der Waals surface area contributed by atoms with E-state index in [0.717, 1.165) is 22.3 Å². The van der Waals surface area contributed by atoms with Crippen molar-refractivity contribution in [1.82, 2.24) is 4.98 Å². The first kappa shape index (κ1) is 11.6. The zero-order chi connectivity index (χ0) is 12.3. The van der Waals surface area contributed by atoms with Crippen LogP contribution in [0.3, 0.4) is 0 Å². The second-order valence-corrected chi connectivity index (χ2v) is 3.90. The molecule has 2 rings (SSSR count). The highest BCUT2D eigenvalue weighted by atomic mass is 16.5. The molecule has 88 valence electrons. The molecular formula is C14H15NO2. The van der Waals surface area contributed by atoms with Crippen molar-refractivity contribution in [2.45, 2.75) is 13.5 Å². The van der Waals surface area contributed by atoms with Crippen molar-refractivity contribution in [3.63, 3.8) is 0 Å². The van der Waals surface area contributed by atoms with Crippen LogP contribution in [0.5, 0.6) is 5.88 Å². The molecule has 0 aliphatic heterocycles. The van der Waals surface area contributed by atoms with Gasteiger partial charge in [0.1, 0.15) is 0 Å². The molecule has 0 bridgehead atoms. The predicted molar refractivity (Wildman–Crippen MR) is 66.9 cm³/mol. The smallest absolute Gasteiger partial charge is 0.213 e. The summed E-state index contributed by atoms with van der Waals surface area (Å²) in [5.41, 5.74) is 4.12. The molecule has 0 aliphatic carbocycles. The number of hydrogen-bond acceptors (Lipinski definition) is 3. The summed E-state index contributed by atoms with van der Waals surface area (Å²) in [6.45, 7) is 2.07.